The van der Waals surface area contributed by atoms with Gasteiger partial charge in [-0.1, -0.05) is 0 Å². The molecule has 0 bridgehead atoms. The summed E-state index contributed by atoms with van der Waals surface area (Å²) >= 11 is 0. The van der Waals surface area contributed by atoms with E-state index in [2.05, 4.69) is 10.6 Å². The molecular weight excluding hydrogens is 271 g/mol. The van der Waals surface area contributed by atoms with Crippen LogP contribution in [0.25, 0.3) is 0 Å². The van der Waals surface area contributed by atoms with E-state index in [1.165, 1.54) is 12.1 Å². The maximum Gasteiger partial charge on any atom is 0.417 e. The van der Waals surface area contributed by atoms with Crippen LogP contribution in [0.2, 0.25) is 0 Å². The van der Waals surface area contributed by atoms with Gasteiger partial charge < -0.3 is 15.4 Å². The number of alkyl halides is 3. The molecule has 0 aromatic heterocycles. The van der Waals surface area contributed by atoms with Gasteiger partial charge in [0.25, 0.3) is 0 Å². The Morgan fingerprint density at radius 3 is 2.60 bits per heavy atom. The van der Waals surface area contributed by atoms with Crippen LogP contribution in [0.4, 0.5) is 18.9 Å². The number of halogens is 3. The number of hydrogen-bond acceptors (Lipinski definition) is 4. The molecule has 0 saturated carbocycles. The second-order valence-electron chi connectivity index (χ2n) is 4.04. The highest BCUT2D eigenvalue weighted by Crippen LogP contribution is 2.32. The van der Waals surface area contributed by atoms with Crippen LogP contribution >= 0.6 is 0 Å². The summed E-state index contributed by atoms with van der Waals surface area (Å²) in [5.41, 5.74) is -0.804. The Hall–Kier alpha value is -1.78. The number of methoxy groups -OCH3 is 1. The van der Waals surface area contributed by atoms with Crippen LogP contribution in [0.1, 0.15) is 11.1 Å². The molecule has 0 unspecified atom stereocenters. The zero-order valence-corrected chi connectivity index (χ0v) is 11.0. The molecule has 0 fully saturated rings. The largest absolute Gasteiger partial charge is 0.417 e. The molecule has 0 aliphatic heterocycles. The molecule has 0 saturated heterocycles. The molecule has 7 heteroatoms. The number of nitrogens with one attached hydrogen (secondary N) is 2. The fourth-order valence-corrected chi connectivity index (χ4v) is 1.59. The average molecular weight is 287 g/mol. The number of anilines is 1. The van der Waals surface area contributed by atoms with Crippen molar-refractivity contribution in [3.63, 3.8) is 0 Å². The van der Waals surface area contributed by atoms with Gasteiger partial charge in [0.1, 0.15) is 0 Å². The smallest absolute Gasteiger partial charge is 0.384 e. The van der Waals surface area contributed by atoms with Gasteiger partial charge in [0.15, 0.2) is 0 Å². The molecule has 110 valence electrons. The third-order valence-corrected chi connectivity index (χ3v) is 2.56. The number of rotatable bonds is 7. The Labute approximate surface area is 115 Å². The second kappa shape index (κ2) is 7.72. The van der Waals surface area contributed by atoms with Crippen molar-refractivity contribution in [2.45, 2.75) is 6.18 Å². The van der Waals surface area contributed by atoms with E-state index in [9.17, 15) is 13.2 Å². The molecule has 1 rings (SSSR count). The summed E-state index contributed by atoms with van der Waals surface area (Å²) in [6.45, 7) is 2.49. The minimum Gasteiger partial charge on any atom is -0.384 e. The first-order valence-electron chi connectivity index (χ1n) is 6.04. The summed E-state index contributed by atoms with van der Waals surface area (Å²) in [4.78, 5) is 0. The predicted molar refractivity (Wildman–Crippen MR) is 69.4 cm³/mol. The average Bonchev–Trinajstić information content (AvgIpc) is 2.41. The Balaban J connectivity index is 2.55. The Kier molecular flexibility index (Phi) is 6.28. The summed E-state index contributed by atoms with van der Waals surface area (Å²) < 4.78 is 42.7. The molecular formula is C13H16F3N3O. The highest BCUT2D eigenvalue weighted by Gasteiger charge is 2.33. The zero-order valence-electron chi connectivity index (χ0n) is 11.0. The van der Waals surface area contributed by atoms with Crippen LogP contribution in [0.5, 0.6) is 0 Å². The van der Waals surface area contributed by atoms with Crippen LogP contribution in [-0.4, -0.2) is 33.4 Å². The van der Waals surface area contributed by atoms with E-state index in [0.717, 1.165) is 6.07 Å². The predicted octanol–water partition coefficient (Wildman–Crippen LogP) is 2.22. The third-order valence-electron chi connectivity index (χ3n) is 2.56. The summed E-state index contributed by atoms with van der Waals surface area (Å²) in [5.74, 6) is 0. The lowest BCUT2D eigenvalue weighted by atomic mass is 10.1. The lowest BCUT2D eigenvalue weighted by Gasteiger charge is -2.12. The van der Waals surface area contributed by atoms with E-state index in [-0.39, 0.29) is 5.56 Å². The normalized spacial score (nSPS) is 11.2. The van der Waals surface area contributed by atoms with Crippen LogP contribution in [0.15, 0.2) is 18.2 Å². The monoisotopic (exact) mass is 287 g/mol. The maximum absolute atomic E-state index is 12.6. The van der Waals surface area contributed by atoms with Crippen LogP contribution < -0.4 is 10.6 Å². The van der Waals surface area contributed by atoms with Crippen molar-refractivity contribution in [3.8, 4) is 6.07 Å². The zero-order chi connectivity index (χ0) is 15.0. The van der Waals surface area contributed by atoms with Gasteiger partial charge in [-0.25, -0.2) is 0 Å². The highest BCUT2D eigenvalue weighted by molar-refractivity contribution is 5.53. The Morgan fingerprint density at radius 2 is 2.00 bits per heavy atom. The van der Waals surface area contributed by atoms with Gasteiger partial charge in [-0.3, -0.25) is 0 Å². The molecule has 0 atom stereocenters. The maximum atomic E-state index is 12.6. The van der Waals surface area contributed by atoms with Gasteiger partial charge in [-0.2, -0.15) is 18.4 Å². The SMILES string of the molecule is COCCNCCNc1ccc(C(F)(F)F)c(C#N)c1. The van der Waals surface area contributed by atoms with Gasteiger partial charge >= 0.3 is 6.18 Å². The Bertz CT molecular complexity index is 469. The first-order valence-corrected chi connectivity index (χ1v) is 6.04. The number of nitriles is 1. The molecule has 20 heavy (non-hydrogen) atoms. The van der Waals surface area contributed by atoms with Gasteiger partial charge in [-0.05, 0) is 18.2 Å². The van der Waals surface area contributed by atoms with Gasteiger partial charge in [0, 0.05) is 32.4 Å². The molecule has 1 aromatic carbocycles. The first-order chi connectivity index (χ1) is 9.49. The molecule has 0 radical (unpaired) electrons. The van der Waals surface area contributed by atoms with Crippen molar-refractivity contribution in [1.82, 2.24) is 5.32 Å². The quantitative estimate of drug-likeness (QED) is 0.755. The number of nitrogens with zero attached hydrogens (tertiary/aromatic N) is 1. The lowest BCUT2D eigenvalue weighted by molar-refractivity contribution is -0.137. The van der Waals surface area contributed by atoms with Crippen LogP contribution in [0.3, 0.4) is 0 Å². The van der Waals surface area contributed by atoms with Crippen molar-refractivity contribution >= 4 is 5.69 Å². The van der Waals surface area contributed by atoms with Gasteiger partial charge in [0.2, 0.25) is 0 Å². The van der Waals surface area contributed by atoms with Crippen molar-refractivity contribution in [1.29, 1.82) is 5.26 Å². The molecule has 0 aliphatic rings. The lowest BCUT2D eigenvalue weighted by Crippen LogP contribution is -2.25. The molecule has 2 N–H and O–H groups in total. The highest BCUT2D eigenvalue weighted by atomic mass is 19.4. The molecule has 0 aliphatic carbocycles. The van der Waals surface area contributed by atoms with Gasteiger partial charge in [0.05, 0.1) is 23.8 Å². The van der Waals surface area contributed by atoms with Crippen molar-refractivity contribution in [2.24, 2.45) is 0 Å². The second-order valence-corrected chi connectivity index (χ2v) is 4.04. The van der Waals surface area contributed by atoms with E-state index in [0.29, 0.717) is 31.9 Å². The van der Waals surface area contributed by atoms with E-state index < -0.39 is 11.7 Å². The van der Waals surface area contributed by atoms with E-state index in [4.69, 9.17) is 10.00 Å². The minimum absolute atomic E-state index is 0.380. The first kappa shape index (κ1) is 16.3. The van der Waals surface area contributed by atoms with Crippen molar-refractivity contribution in [2.75, 3.05) is 38.7 Å². The molecule has 0 spiro atoms. The summed E-state index contributed by atoms with van der Waals surface area (Å²) in [5, 5.41) is 14.8. The molecule has 1 aromatic rings. The fourth-order valence-electron chi connectivity index (χ4n) is 1.59. The van der Waals surface area contributed by atoms with Crippen LogP contribution in [-0.2, 0) is 10.9 Å². The number of benzene rings is 1. The fraction of sp³-hybridized carbons (Fsp3) is 0.462. The summed E-state index contributed by atoms with van der Waals surface area (Å²) in [7, 11) is 1.60. The number of ether oxygens (including phenoxy) is 1. The standard InChI is InChI=1S/C13H16F3N3O/c1-20-7-6-18-4-5-19-11-2-3-12(13(14,15)16)10(8-11)9-17/h2-3,8,18-19H,4-7H2,1H3. The van der Waals surface area contributed by atoms with E-state index in [1.807, 2.05) is 0 Å². The molecule has 0 heterocycles. The number of hydrogen-bond donors (Lipinski definition) is 2. The summed E-state index contributed by atoms with van der Waals surface area (Å²) in [6.07, 6.45) is -4.51. The summed E-state index contributed by atoms with van der Waals surface area (Å²) in [6, 6.07) is 5.01. The van der Waals surface area contributed by atoms with Crippen molar-refractivity contribution in [3.05, 3.63) is 29.3 Å². The topological polar surface area (TPSA) is 57.1 Å². The molecule has 4 nitrogen and oxygen atoms in total. The molecule has 0 amide bonds. The van der Waals surface area contributed by atoms with Gasteiger partial charge in [-0.15, -0.1) is 0 Å². The van der Waals surface area contributed by atoms with E-state index >= 15 is 0 Å². The minimum atomic E-state index is -4.51. The van der Waals surface area contributed by atoms with Crippen LogP contribution in [0, 0.1) is 11.3 Å². The van der Waals surface area contributed by atoms with E-state index in [1.54, 1.807) is 13.2 Å². The third kappa shape index (κ3) is 5.07. The Morgan fingerprint density at radius 1 is 1.25 bits per heavy atom. The van der Waals surface area contributed by atoms with Crippen molar-refractivity contribution < 1.29 is 17.9 Å².